The molecule has 0 aliphatic rings. The molecule has 21 heavy (non-hydrogen) atoms. The number of carbonyl (C=O) groups excluding carboxylic acids is 2. The summed E-state index contributed by atoms with van der Waals surface area (Å²) in [6.45, 7) is 3.90. The summed E-state index contributed by atoms with van der Waals surface area (Å²) in [6, 6.07) is 9.48. The number of carbonyl (C=O) groups is 2. The molecule has 5 heteroatoms. The highest BCUT2D eigenvalue weighted by Gasteiger charge is 2.20. The summed E-state index contributed by atoms with van der Waals surface area (Å²) in [5, 5.41) is 3.37. The molecule has 0 radical (unpaired) electrons. The SMILES string of the molecule is CCc1c(C)sc(NC(=O)Cc2ccccc2)c1C(N)=O. The van der Waals surface area contributed by atoms with Crippen LogP contribution >= 0.6 is 11.3 Å². The maximum Gasteiger partial charge on any atom is 0.251 e. The van der Waals surface area contributed by atoms with Gasteiger partial charge in [0.15, 0.2) is 0 Å². The zero-order valence-electron chi connectivity index (χ0n) is 12.1. The first-order valence-corrected chi connectivity index (χ1v) is 7.60. The molecule has 1 heterocycles. The Hall–Kier alpha value is -2.14. The number of aryl methyl sites for hydroxylation is 1. The van der Waals surface area contributed by atoms with Crippen LogP contribution in [0.3, 0.4) is 0 Å². The average molecular weight is 302 g/mol. The Morgan fingerprint density at radius 2 is 1.90 bits per heavy atom. The van der Waals surface area contributed by atoms with Gasteiger partial charge >= 0.3 is 0 Å². The van der Waals surface area contributed by atoms with Crippen LogP contribution in [0.15, 0.2) is 30.3 Å². The molecule has 2 rings (SSSR count). The van der Waals surface area contributed by atoms with Crippen molar-refractivity contribution in [1.82, 2.24) is 0 Å². The number of nitrogens with two attached hydrogens (primary N) is 1. The Kier molecular flexibility index (Phi) is 4.75. The normalized spacial score (nSPS) is 10.4. The molecule has 3 N–H and O–H groups in total. The van der Waals surface area contributed by atoms with E-state index in [0.29, 0.717) is 10.6 Å². The molecule has 4 nitrogen and oxygen atoms in total. The highest BCUT2D eigenvalue weighted by Crippen LogP contribution is 2.33. The minimum Gasteiger partial charge on any atom is -0.365 e. The van der Waals surface area contributed by atoms with Crippen LogP contribution in [0.1, 0.15) is 33.3 Å². The molecule has 0 saturated heterocycles. The molecule has 1 aromatic heterocycles. The van der Waals surface area contributed by atoms with E-state index in [1.807, 2.05) is 44.2 Å². The Labute approximate surface area is 128 Å². The number of benzene rings is 1. The summed E-state index contributed by atoms with van der Waals surface area (Å²) in [4.78, 5) is 24.8. The molecule has 0 unspecified atom stereocenters. The van der Waals surface area contributed by atoms with Gasteiger partial charge in [0.25, 0.3) is 5.91 Å². The molecule has 0 atom stereocenters. The molecule has 2 aromatic rings. The minimum atomic E-state index is -0.494. The highest BCUT2D eigenvalue weighted by molar-refractivity contribution is 7.16. The maximum atomic E-state index is 12.1. The van der Waals surface area contributed by atoms with Crippen LogP contribution in [-0.4, -0.2) is 11.8 Å². The second kappa shape index (κ2) is 6.54. The minimum absolute atomic E-state index is 0.146. The summed E-state index contributed by atoms with van der Waals surface area (Å²) < 4.78 is 0. The van der Waals surface area contributed by atoms with Crippen LogP contribution in [0.2, 0.25) is 0 Å². The van der Waals surface area contributed by atoms with E-state index in [-0.39, 0.29) is 12.3 Å². The van der Waals surface area contributed by atoms with Crippen molar-refractivity contribution < 1.29 is 9.59 Å². The van der Waals surface area contributed by atoms with Gasteiger partial charge in [-0.1, -0.05) is 37.3 Å². The van der Waals surface area contributed by atoms with E-state index in [1.54, 1.807) is 0 Å². The summed E-state index contributed by atoms with van der Waals surface area (Å²) in [5.74, 6) is -0.640. The monoisotopic (exact) mass is 302 g/mol. The predicted molar refractivity (Wildman–Crippen MR) is 85.7 cm³/mol. The van der Waals surface area contributed by atoms with Gasteiger partial charge in [0.2, 0.25) is 5.91 Å². The zero-order valence-corrected chi connectivity index (χ0v) is 12.9. The van der Waals surface area contributed by atoms with Gasteiger partial charge in [0.1, 0.15) is 5.00 Å². The molecule has 0 bridgehead atoms. The summed E-state index contributed by atoms with van der Waals surface area (Å²) in [6.07, 6.45) is 0.993. The zero-order chi connectivity index (χ0) is 15.4. The standard InChI is InChI=1S/C16H18N2O2S/c1-3-12-10(2)21-16(14(12)15(17)20)18-13(19)9-11-7-5-4-6-8-11/h4-8H,3,9H2,1-2H3,(H2,17,20)(H,18,19). The molecule has 0 aliphatic carbocycles. The third-order valence-corrected chi connectivity index (χ3v) is 4.33. The molecule has 0 aliphatic heterocycles. The first kappa shape index (κ1) is 15.3. The third kappa shape index (κ3) is 3.49. The number of rotatable bonds is 5. The molecule has 0 saturated carbocycles. The lowest BCUT2D eigenvalue weighted by Crippen LogP contribution is -2.19. The second-order valence-electron chi connectivity index (χ2n) is 4.77. The number of amides is 2. The number of hydrogen-bond acceptors (Lipinski definition) is 3. The van der Waals surface area contributed by atoms with E-state index in [4.69, 9.17) is 5.73 Å². The number of hydrogen-bond donors (Lipinski definition) is 2. The van der Waals surface area contributed by atoms with Crippen molar-refractivity contribution in [3.63, 3.8) is 0 Å². The van der Waals surface area contributed by atoms with Crippen molar-refractivity contribution in [2.24, 2.45) is 5.73 Å². The number of thiophene rings is 1. The Morgan fingerprint density at radius 3 is 2.48 bits per heavy atom. The largest absolute Gasteiger partial charge is 0.365 e. The van der Waals surface area contributed by atoms with Crippen LogP contribution < -0.4 is 11.1 Å². The van der Waals surface area contributed by atoms with Crippen molar-refractivity contribution in [2.45, 2.75) is 26.7 Å². The second-order valence-corrected chi connectivity index (χ2v) is 5.99. The molecular weight excluding hydrogens is 284 g/mol. The predicted octanol–water partition coefficient (Wildman–Crippen LogP) is 2.90. The molecule has 1 aromatic carbocycles. The first-order chi connectivity index (χ1) is 10.0. The Balaban J connectivity index is 2.20. The fraction of sp³-hybridized carbons (Fsp3) is 0.250. The molecule has 0 fully saturated rings. The van der Waals surface area contributed by atoms with Gasteiger partial charge in [-0.05, 0) is 24.5 Å². The van der Waals surface area contributed by atoms with Gasteiger partial charge in [-0.25, -0.2) is 0 Å². The van der Waals surface area contributed by atoms with E-state index in [1.165, 1.54) is 11.3 Å². The van der Waals surface area contributed by atoms with Crippen LogP contribution in [0, 0.1) is 6.92 Å². The van der Waals surface area contributed by atoms with Crippen molar-refractivity contribution in [3.8, 4) is 0 Å². The van der Waals surface area contributed by atoms with Crippen molar-refractivity contribution >= 4 is 28.2 Å². The third-order valence-electron chi connectivity index (χ3n) is 3.27. The van der Waals surface area contributed by atoms with E-state index in [2.05, 4.69) is 5.32 Å². The van der Waals surface area contributed by atoms with Crippen LogP contribution in [0.25, 0.3) is 0 Å². The van der Waals surface area contributed by atoms with E-state index in [0.717, 1.165) is 22.4 Å². The molecular formula is C16H18N2O2S. The Morgan fingerprint density at radius 1 is 1.24 bits per heavy atom. The summed E-state index contributed by atoms with van der Waals surface area (Å²) in [7, 11) is 0. The van der Waals surface area contributed by atoms with Crippen LogP contribution in [-0.2, 0) is 17.6 Å². The first-order valence-electron chi connectivity index (χ1n) is 6.78. The van der Waals surface area contributed by atoms with Crippen molar-refractivity contribution in [1.29, 1.82) is 0 Å². The number of anilines is 1. The van der Waals surface area contributed by atoms with Gasteiger partial charge in [-0.3, -0.25) is 9.59 Å². The van der Waals surface area contributed by atoms with Crippen molar-refractivity contribution in [3.05, 3.63) is 51.9 Å². The highest BCUT2D eigenvalue weighted by atomic mass is 32.1. The molecule has 2 amide bonds. The van der Waals surface area contributed by atoms with Gasteiger partial charge in [0, 0.05) is 4.88 Å². The van der Waals surface area contributed by atoms with Gasteiger partial charge < -0.3 is 11.1 Å². The topological polar surface area (TPSA) is 72.2 Å². The van der Waals surface area contributed by atoms with Gasteiger partial charge in [0.05, 0.1) is 12.0 Å². The fourth-order valence-electron chi connectivity index (χ4n) is 2.31. The summed E-state index contributed by atoms with van der Waals surface area (Å²) >= 11 is 1.40. The van der Waals surface area contributed by atoms with E-state index < -0.39 is 5.91 Å². The van der Waals surface area contributed by atoms with Crippen LogP contribution in [0.4, 0.5) is 5.00 Å². The maximum absolute atomic E-state index is 12.1. The van der Waals surface area contributed by atoms with E-state index >= 15 is 0 Å². The Bertz CT molecular complexity index is 662. The molecule has 0 spiro atoms. The lowest BCUT2D eigenvalue weighted by molar-refractivity contribution is -0.115. The fourth-order valence-corrected chi connectivity index (χ4v) is 3.47. The lowest BCUT2D eigenvalue weighted by atomic mass is 10.1. The van der Waals surface area contributed by atoms with Crippen molar-refractivity contribution in [2.75, 3.05) is 5.32 Å². The number of nitrogens with one attached hydrogen (secondary N) is 1. The average Bonchev–Trinajstić information content (AvgIpc) is 2.75. The summed E-state index contributed by atoms with van der Waals surface area (Å²) in [5.41, 5.74) is 7.74. The van der Waals surface area contributed by atoms with Crippen LogP contribution in [0.5, 0.6) is 0 Å². The van der Waals surface area contributed by atoms with Gasteiger partial charge in [-0.2, -0.15) is 0 Å². The van der Waals surface area contributed by atoms with E-state index in [9.17, 15) is 9.59 Å². The smallest absolute Gasteiger partial charge is 0.251 e. The molecule has 110 valence electrons. The lowest BCUT2D eigenvalue weighted by Gasteiger charge is -2.06. The quantitative estimate of drug-likeness (QED) is 0.891. The van der Waals surface area contributed by atoms with Gasteiger partial charge in [-0.15, -0.1) is 11.3 Å². The number of primary amides is 1.